The number of aryl methyl sites for hydroxylation is 1. The Kier molecular flexibility index (Phi) is 5.11. The Morgan fingerprint density at radius 3 is 2.67 bits per heavy atom. The van der Waals surface area contributed by atoms with Crippen LogP contribution in [0.5, 0.6) is 5.88 Å². The molecule has 0 atom stereocenters. The van der Waals surface area contributed by atoms with E-state index in [0.29, 0.717) is 23.8 Å². The first kappa shape index (κ1) is 19.8. The van der Waals surface area contributed by atoms with Crippen molar-refractivity contribution in [2.45, 2.75) is 33.7 Å². The van der Waals surface area contributed by atoms with E-state index >= 15 is 0 Å². The Morgan fingerprint density at radius 1 is 1.10 bits per heavy atom. The van der Waals surface area contributed by atoms with Crippen molar-refractivity contribution in [2.24, 2.45) is 5.41 Å². The first-order valence-electron chi connectivity index (χ1n) is 9.90. The molecule has 0 N–H and O–H groups in total. The van der Waals surface area contributed by atoms with Gasteiger partial charge in [0.1, 0.15) is 0 Å². The summed E-state index contributed by atoms with van der Waals surface area (Å²) in [5.74, 6) is 0.515. The lowest BCUT2D eigenvalue weighted by Crippen LogP contribution is -2.21. The molecule has 0 saturated heterocycles. The summed E-state index contributed by atoms with van der Waals surface area (Å²) in [5.41, 5.74) is 3.96. The van der Waals surface area contributed by atoms with Gasteiger partial charge < -0.3 is 9.30 Å². The molecule has 0 fully saturated rings. The predicted octanol–water partition coefficient (Wildman–Crippen LogP) is 4.06. The summed E-state index contributed by atoms with van der Waals surface area (Å²) < 4.78 is 8.84. The van der Waals surface area contributed by atoms with E-state index in [-0.39, 0.29) is 11.0 Å². The molecule has 0 bridgehead atoms. The highest BCUT2D eigenvalue weighted by Crippen LogP contribution is 2.31. The van der Waals surface area contributed by atoms with Gasteiger partial charge in [-0.25, -0.2) is 14.5 Å². The summed E-state index contributed by atoms with van der Waals surface area (Å²) in [7, 11) is 1.59. The van der Waals surface area contributed by atoms with E-state index in [4.69, 9.17) is 9.72 Å². The lowest BCUT2D eigenvalue weighted by atomic mass is 9.92. The molecular weight excluding hydrogens is 378 g/mol. The molecule has 4 heterocycles. The summed E-state index contributed by atoms with van der Waals surface area (Å²) >= 11 is 0. The first-order chi connectivity index (χ1) is 14.4. The van der Waals surface area contributed by atoms with Crippen molar-refractivity contribution in [1.29, 1.82) is 0 Å². The number of fused-ring (bicyclic) bond motifs is 1. The maximum atomic E-state index is 12.6. The number of hydrogen-bond donors (Lipinski definition) is 0. The molecular formula is C23H25N5O2. The lowest BCUT2D eigenvalue weighted by molar-refractivity contribution is 0.348. The average molecular weight is 403 g/mol. The van der Waals surface area contributed by atoms with Crippen molar-refractivity contribution >= 4 is 5.65 Å². The predicted molar refractivity (Wildman–Crippen MR) is 117 cm³/mol. The zero-order valence-corrected chi connectivity index (χ0v) is 17.7. The quantitative estimate of drug-likeness (QED) is 0.502. The number of nitrogens with zero attached hydrogens (tertiary/aromatic N) is 5. The highest BCUT2D eigenvalue weighted by Gasteiger charge is 2.15. The van der Waals surface area contributed by atoms with Gasteiger partial charge in [-0.05, 0) is 36.1 Å². The van der Waals surface area contributed by atoms with Crippen LogP contribution in [0.1, 0.15) is 27.2 Å². The number of ether oxygens (including phenoxy) is 1. The summed E-state index contributed by atoms with van der Waals surface area (Å²) in [5, 5.41) is 4.39. The van der Waals surface area contributed by atoms with Gasteiger partial charge in [0, 0.05) is 42.3 Å². The van der Waals surface area contributed by atoms with Gasteiger partial charge in [-0.3, -0.25) is 4.79 Å². The van der Waals surface area contributed by atoms with E-state index in [1.165, 1.54) is 0 Å². The number of hydrogen-bond acceptors (Lipinski definition) is 5. The fourth-order valence-electron chi connectivity index (χ4n) is 3.29. The second-order valence-corrected chi connectivity index (χ2v) is 8.46. The lowest BCUT2D eigenvalue weighted by Gasteiger charge is -2.18. The molecule has 0 amide bonds. The van der Waals surface area contributed by atoms with Crippen molar-refractivity contribution in [3.05, 3.63) is 65.5 Å². The first-order valence-corrected chi connectivity index (χ1v) is 9.90. The van der Waals surface area contributed by atoms with Crippen LogP contribution in [0.25, 0.3) is 28.0 Å². The number of aromatic nitrogens is 5. The minimum atomic E-state index is -0.0268. The van der Waals surface area contributed by atoms with Crippen LogP contribution in [0.3, 0.4) is 0 Å². The van der Waals surface area contributed by atoms with Crippen LogP contribution in [0, 0.1) is 5.41 Å². The molecule has 0 aromatic carbocycles. The smallest absolute Gasteiger partial charge is 0.251 e. The number of methoxy groups -OCH3 is 1. The van der Waals surface area contributed by atoms with Crippen molar-refractivity contribution in [2.75, 3.05) is 7.11 Å². The maximum Gasteiger partial charge on any atom is 0.251 e. The van der Waals surface area contributed by atoms with E-state index in [0.717, 1.165) is 23.1 Å². The van der Waals surface area contributed by atoms with Crippen LogP contribution in [0.2, 0.25) is 0 Å². The van der Waals surface area contributed by atoms with Gasteiger partial charge in [0.25, 0.3) is 5.56 Å². The summed E-state index contributed by atoms with van der Waals surface area (Å²) in [6, 6.07) is 9.21. The van der Waals surface area contributed by atoms with Gasteiger partial charge in [-0.1, -0.05) is 20.8 Å². The number of pyridine rings is 2. The molecule has 0 unspecified atom stereocenters. The Morgan fingerprint density at radius 2 is 1.93 bits per heavy atom. The van der Waals surface area contributed by atoms with Gasteiger partial charge >= 0.3 is 0 Å². The zero-order chi connectivity index (χ0) is 21.3. The Balaban J connectivity index is 1.72. The topological polar surface area (TPSA) is 74.3 Å². The summed E-state index contributed by atoms with van der Waals surface area (Å²) in [6.07, 6.45) is 8.05. The standard InChI is InChI=1S/C23H25N5O2/c1-23(2,3)9-13-27-11-7-16(14-20(27)29)19-8-12-28-21(26-19)18(15-25-28)17-6-5-10-24-22(17)30-4/h5-8,10-12,14-15H,9,13H2,1-4H3. The maximum absolute atomic E-state index is 12.6. The molecule has 7 heteroatoms. The number of rotatable bonds is 5. The Bertz CT molecular complexity index is 1250. The Labute approximate surface area is 175 Å². The molecule has 4 aromatic heterocycles. The van der Waals surface area contributed by atoms with E-state index < -0.39 is 0 Å². The zero-order valence-electron chi connectivity index (χ0n) is 17.7. The molecule has 0 aliphatic carbocycles. The van der Waals surface area contributed by atoms with Crippen LogP contribution in [0.15, 0.2) is 59.9 Å². The van der Waals surface area contributed by atoms with Crippen molar-refractivity contribution in [3.63, 3.8) is 0 Å². The highest BCUT2D eigenvalue weighted by molar-refractivity contribution is 5.81. The van der Waals surface area contributed by atoms with Gasteiger partial charge in [0.2, 0.25) is 5.88 Å². The third-order valence-corrected chi connectivity index (χ3v) is 5.02. The molecule has 0 spiro atoms. The molecule has 4 aromatic rings. The Hall–Kier alpha value is -3.48. The van der Waals surface area contributed by atoms with E-state index in [1.807, 2.05) is 36.7 Å². The average Bonchev–Trinajstić information content (AvgIpc) is 3.15. The van der Waals surface area contributed by atoms with Crippen LogP contribution < -0.4 is 10.3 Å². The summed E-state index contributed by atoms with van der Waals surface area (Å²) in [4.78, 5) is 21.7. The van der Waals surface area contributed by atoms with Crippen LogP contribution in [-0.4, -0.2) is 31.3 Å². The molecule has 0 saturated carbocycles. The van der Waals surface area contributed by atoms with Gasteiger partial charge in [0.05, 0.1) is 24.6 Å². The molecule has 0 radical (unpaired) electrons. The molecule has 0 aliphatic rings. The van der Waals surface area contributed by atoms with Crippen molar-refractivity contribution < 1.29 is 4.74 Å². The molecule has 7 nitrogen and oxygen atoms in total. The third kappa shape index (κ3) is 3.96. The van der Waals surface area contributed by atoms with E-state index in [2.05, 4.69) is 30.9 Å². The van der Waals surface area contributed by atoms with Crippen LogP contribution in [-0.2, 0) is 6.54 Å². The minimum Gasteiger partial charge on any atom is -0.481 e. The van der Waals surface area contributed by atoms with E-state index in [1.54, 1.807) is 34.7 Å². The summed E-state index contributed by atoms with van der Waals surface area (Å²) in [6.45, 7) is 7.21. The van der Waals surface area contributed by atoms with Crippen molar-refractivity contribution in [3.8, 4) is 28.3 Å². The SMILES string of the molecule is COc1ncccc1-c1cnn2ccc(-c3ccn(CCC(C)(C)C)c(=O)c3)nc12. The molecule has 154 valence electrons. The molecule has 0 aliphatic heterocycles. The van der Waals surface area contributed by atoms with Crippen LogP contribution >= 0.6 is 0 Å². The fourth-order valence-corrected chi connectivity index (χ4v) is 3.29. The fraction of sp³-hybridized carbons (Fsp3) is 0.304. The van der Waals surface area contributed by atoms with E-state index in [9.17, 15) is 4.79 Å². The molecule has 4 rings (SSSR count). The van der Waals surface area contributed by atoms with Gasteiger partial charge in [0.15, 0.2) is 5.65 Å². The highest BCUT2D eigenvalue weighted by atomic mass is 16.5. The third-order valence-electron chi connectivity index (χ3n) is 5.02. The second kappa shape index (κ2) is 7.74. The molecule has 30 heavy (non-hydrogen) atoms. The van der Waals surface area contributed by atoms with Gasteiger partial charge in [-0.2, -0.15) is 5.10 Å². The van der Waals surface area contributed by atoms with Crippen LogP contribution in [0.4, 0.5) is 0 Å². The monoisotopic (exact) mass is 403 g/mol. The largest absolute Gasteiger partial charge is 0.481 e. The normalized spacial score (nSPS) is 11.7. The van der Waals surface area contributed by atoms with Crippen molar-refractivity contribution in [1.82, 2.24) is 24.1 Å². The van der Waals surface area contributed by atoms with Gasteiger partial charge in [-0.15, -0.1) is 0 Å². The second-order valence-electron chi connectivity index (χ2n) is 8.46. The minimum absolute atomic E-state index is 0.0268.